The quantitative estimate of drug-likeness (QED) is 0.302. The molecule has 0 amide bonds. The van der Waals surface area contributed by atoms with E-state index >= 15 is 0 Å². The van der Waals surface area contributed by atoms with Crippen LogP contribution in [0.2, 0.25) is 0 Å². The third kappa shape index (κ3) is 7.01. The van der Waals surface area contributed by atoms with Crippen LogP contribution in [0, 0.1) is 6.08 Å². The van der Waals surface area contributed by atoms with E-state index in [1.165, 1.54) is 41.5 Å². The number of allylic oxidation sites excluding steroid dienone is 4. The molecule has 0 fully saturated rings. The van der Waals surface area contributed by atoms with E-state index in [1.807, 2.05) is 0 Å². The van der Waals surface area contributed by atoms with Crippen LogP contribution < -0.4 is 37.2 Å². The zero-order chi connectivity index (χ0) is 17.5. The van der Waals surface area contributed by atoms with Gasteiger partial charge in [-0.25, -0.2) is 17.7 Å². The molecule has 1 aliphatic carbocycles. The molecule has 0 aliphatic heterocycles. The molecule has 1 aliphatic rings. The molecular formula is C25H29Cl3Ti. The van der Waals surface area contributed by atoms with Gasteiger partial charge >= 0.3 is 21.7 Å². The molecule has 0 N–H and O–H groups in total. The minimum Gasteiger partial charge on any atom is -1.00 e. The number of halogens is 3. The van der Waals surface area contributed by atoms with Gasteiger partial charge in [-0.2, -0.15) is 5.57 Å². The van der Waals surface area contributed by atoms with Crippen LogP contribution in [0.3, 0.4) is 0 Å². The molecule has 0 aromatic heterocycles. The fourth-order valence-electron chi connectivity index (χ4n) is 4.08. The van der Waals surface area contributed by atoms with Crippen LogP contribution in [0.25, 0.3) is 0 Å². The van der Waals surface area contributed by atoms with Crippen LogP contribution >= 0.6 is 0 Å². The van der Waals surface area contributed by atoms with Gasteiger partial charge in [0.15, 0.2) is 0 Å². The normalized spacial score (nSPS) is 12.3. The van der Waals surface area contributed by atoms with Crippen molar-refractivity contribution in [3.8, 4) is 0 Å². The predicted octanol–water partition coefficient (Wildman–Crippen LogP) is -1.97. The van der Waals surface area contributed by atoms with Crippen LogP contribution in [0.4, 0.5) is 0 Å². The maximum atomic E-state index is 3.82. The standard InChI is InChI=1S/C25H29.3ClH.Ti/c1-3-5-19-25(22-13-8-6-9-14-22,23-15-10-7-11-16-23)24-18-17-21(20-24)12-4-2;;;;/h6-11,13-17H,3-5,12,18-19H2,1-2H3;3*1H;/q-1;;;;+4/p-3. The first-order chi connectivity index (χ1) is 12.3. The van der Waals surface area contributed by atoms with Crippen LogP contribution in [0.1, 0.15) is 63.5 Å². The van der Waals surface area contributed by atoms with E-state index in [4.69, 9.17) is 0 Å². The number of rotatable bonds is 8. The first-order valence-electron chi connectivity index (χ1n) is 9.74. The van der Waals surface area contributed by atoms with Crippen molar-refractivity contribution in [2.45, 2.75) is 57.8 Å². The fraction of sp³-hybridized carbons (Fsp3) is 0.360. The molecule has 0 radical (unpaired) electrons. The second-order valence-electron chi connectivity index (χ2n) is 7.03. The maximum Gasteiger partial charge on any atom is 4.00 e. The molecule has 4 heteroatoms. The Labute approximate surface area is 210 Å². The molecule has 29 heavy (non-hydrogen) atoms. The van der Waals surface area contributed by atoms with Crippen molar-refractivity contribution in [1.82, 2.24) is 0 Å². The van der Waals surface area contributed by atoms with Crippen LogP contribution in [-0.4, -0.2) is 0 Å². The summed E-state index contributed by atoms with van der Waals surface area (Å²) >= 11 is 0. The Bertz CT molecular complexity index is 700. The topological polar surface area (TPSA) is 0 Å². The molecule has 154 valence electrons. The molecule has 0 unspecified atom stereocenters. The summed E-state index contributed by atoms with van der Waals surface area (Å²) in [6.07, 6.45) is 13.1. The van der Waals surface area contributed by atoms with Gasteiger partial charge in [-0.3, -0.25) is 0 Å². The van der Waals surface area contributed by atoms with Crippen molar-refractivity contribution >= 4 is 0 Å². The largest absolute Gasteiger partial charge is 4.00 e. The summed E-state index contributed by atoms with van der Waals surface area (Å²) in [5.74, 6) is 0. The molecule has 0 saturated heterocycles. The molecule has 0 atom stereocenters. The molecule has 0 heterocycles. The van der Waals surface area contributed by atoms with Crippen molar-refractivity contribution < 1.29 is 58.9 Å². The molecule has 0 spiro atoms. The average molecular weight is 484 g/mol. The summed E-state index contributed by atoms with van der Waals surface area (Å²) in [4.78, 5) is 0. The third-order valence-corrected chi connectivity index (χ3v) is 5.34. The van der Waals surface area contributed by atoms with Crippen LogP contribution in [0.5, 0.6) is 0 Å². The molecule has 0 saturated carbocycles. The Morgan fingerprint density at radius 2 is 1.31 bits per heavy atom. The van der Waals surface area contributed by atoms with Crippen LogP contribution in [0.15, 0.2) is 77.9 Å². The van der Waals surface area contributed by atoms with E-state index in [0.29, 0.717) is 0 Å². The van der Waals surface area contributed by atoms with Gasteiger partial charge in [0.05, 0.1) is 0 Å². The zero-order valence-corrected chi connectivity index (χ0v) is 21.1. The van der Waals surface area contributed by atoms with Gasteiger partial charge in [-0.05, 0) is 17.5 Å². The fourth-order valence-corrected chi connectivity index (χ4v) is 4.08. The Morgan fingerprint density at radius 1 is 0.793 bits per heavy atom. The molecule has 3 rings (SSSR count). The van der Waals surface area contributed by atoms with Crippen molar-refractivity contribution in [1.29, 1.82) is 0 Å². The van der Waals surface area contributed by atoms with E-state index in [9.17, 15) is 0 Å². The van der Waals surface area contributed by atoms with Gasteiger partial charge < -0.3 is 37.2 Å². The summed E-state index contributed by atoms with van der Waals surface area (Å²) in [5, 5.41) is 0. The Balaban J connectivity index is 0. The second-order valence-corrected chi connectivity index (χ2v) is 7.03. The van der Waals surface area contributed by atoms with Crippen molar-refractivity contribution in [3.05, 3.63) is 95.1 Å². The number of hydrogen-bond donors (Lipinski definition) is 0. The number of unbranched alkanes of at least 4 members (excludes halogenated alkanes) is 1. The number of benzene rings is 2. The molecule has 2 aromatic carbocycles. The first-order valence-corrected chi connectivity index (χ1v) is 9.74. The minimum absolute atomic E-state index is 0. The van der Waals surface area contributed by atoms with Crippen LogP contribution in [-0.2, 0) is 27.1 Å². The SMILES string of the molecule is CCCCC(C1=[C-]C(CCC)=CC1)(c1ccccc1)c1ccccc1.[Cl-].[Cl-].[Cl-].[Ti+4]. The smallest absolute Gasteiger partial charge is 1.00 e. The first kappa shape index (κ1) is 30.7. The van der Waals surface area contributed by atoms with Gasteiger partial charge in [0, 0.05) is 5.41 Å². The Kier molecular flexibility index (Phi) is 16.2. The van der Waals surface area contributed by atoms with Gasteiger partial charge in [0.1, 0.15) is 0 Å². The van der Waals surface area contributed by atoms with E-state index in [1.54, 1.807) is 0 Å². The molecular weight excluding hydrogens is 455 g/mol. The van der Waals surface area contributed by atoms with E-state index in [-0.39, 0.29) is 64.4 Å². The predicted molar refractivity (Wildman–Crippen MR) is 108 cm³/mol. The Hall–Kier alpha value is -0.496. The van der Waals surface area contributed by atoms with E-state index in [2.05, 4.69) is 86.7 Å². The van der Waals surface area contributed by atoms with Gasteiger partial charge in [-0.15, -0.1) is 0 Å². The summed E-state index contributed by atoms with van der Waals surface area (Å²) in [5.41, 5.74) is 5.60. The summed E-state index contributed by atoms with van der Waals surface area (Å²) in [6, 6.07) is 22.1. The van der Waals surface area contributed by atoms with E-state index < -0.39 is 0 Å². The third-order valence-electron chi connectivity index (χ3n) is 5.34. The van der Waals surface area contributed by atoms with Gasteiger partial charge in [-0.1, -0.05) is 107 Å². The molecule has 0 nitrogen and oxygen atoms in total. The van der Waals surface area contributed by atoms with E-state index in [0.717, 1.165) is 19.3 Å². The zero-order valence-electron chi connectivity index (χ0n) is 17.2. The summed E-state index contributed by atoms with van der Waals surface area (Å²) in [7, 11) is 0. The molecule has 2 aromatic rings. The van der Waals surface area contributed by atoms with Crippen molar-refractivity contribution in [2.75, 3.05) is 0 Å². The van der Waals surface area contributed by atoms with Crippen molar-refractivity contribution in [3.63, 3.8) is 0 Å². The minimum atomic E-state index is -0.0511. The van der Waals surface area contributed by atoms with Gasteiger partial charge in [0.25, 0.3) is 0 Å². The van der Waals surface area contributed by atoms with Gasteiger partial charge in [0.2, 0.25) is 0 Å². The average Bonchev–Trinajstić information content (AvgIpc) is 3.13. The molecule has 0 bridgehead atoms. The monoisotopic (exact) mass is 482 g/mol. The maximum absolute atomic E-state index is 3.82. The summed E-state index contributed by atoms with van der Waals surface area (Å²) in [6.45, 7) is 4.54. The Morgan fingerprint density at radius 3 is 1.76 bits per heavy atom. The second kappa shape index (κ2) is 15.3. The van der Waals surface area contributed by atoms with Crippen molar-refractivity contribution in [2.24, 2.45) is 0 Å². The number of hydrogen-bond acceptors (Lipinski definition) is 0. The summed E-state index contributed by atoms with van der Waals surface area (Å²) < 4.78 is 0.